The van der Waals surface area contributed by atoms with Crippen LogP contribution in [0.1, 0.15) is 30.2 Å². The Bertz CT molecular complexity index is 1290. The van der Waals surface area contributed by atoms with E-state index in [1.807, 2.05) is 0 Å². The van der Waals surface area contributed by atoms with E-state index in [0.717, 1.165) is 21.7 Å². The Morgan fingerprint density at radius 1 is 1.09 bits per heavy atom. The summed E-state index contributed by atoms with van der Waals surface area (Å²) in [6.45, 7) is 2.80. The summed E-state index contributed by atoms with van der Waals surface area (Å²) in [4.78, 5) is 39.5. The minimum Gasteiger partial charge on any atom is -0.319 e. The number of nitrogens with one attached hydrogen (secondary N) is 2. The van der Waals surface area contributed by atoms with E-state index in [1.54, 1.807) is 44.2 Å². The third-order valence-corrected chi connectivity index (χ3v) is 5.79. The maximum atomic E-state index is 13.2. The normalized spacial score (nSPS) is 18.0. The van der Waals surface area contributed by atoms with E-state index < -0.39 is 41.7 Å². The lowest BCUT2D eigenvalue weighted by molar-refractivity contribution is -0.137. The average molecular weight is 485 g/mol. The summed E-state index contributed by atoms with van der Waals surface area (Å²) in [5, 5.41) is 9.41. The standard InChI is InChI=1S/C24H22F3N5O3/c1-3-23(16-8-5-4-6-9-16)21(34)31(22(35)29-23)14-20(33)28-19-12-15(2)30-32(19)18-11-7-10-17(13-18)24(25,26)27/h4-13H,3,14H2,1-2H3,(H,28,33)(H,29,35). The van der Waals surface area contributed by atoms with Crippen LogP contribution in [0.3, 0.4) is 0 Å². The van der Waals surface area contributed by atoms with Gasteiger partial charge in [-0.25, -0.2) is 9.48 Å². The molecule has 1 fully saturated rings. The molecule has 1 aliphatic heterocycles. The molecule has 1 aliphatic rings. The lowest BCUT2D eigenvalue weighted by Gasteiger charge is -2.25. The molecule has 182 valence electrons. The number of hydrogen-bond acceptors (Lipinski definition) is 4. The second-order valence-electron chi connectivity index (χ2n) is 8.13. The van der Waals surface area contributed by atoms with Crippen LogP contribution in [0, 0.1) is 6.92 Å². The van der Waals surface area contributed by atoms with Crippen molar-refractivity contribution in [2.45, 2.75) is 32.0 Å². The molecule has 4 rings (SSSR count). The summed E-state index contributed by atoms with van der Waals surface area (Å²) in [5.74, 6) is -1.17. The van der Waals surface area contributed by atoms with Crippen LogP contribution < -0.4 is 10.6 Å². The fraction of sp³-hybridized carbons (Fsp3) is 0.250. The molecule has 0 aliphatic carbocycles. The van der Waals surface area contributed by atoms with Gasteiger partial charge in [0.2, 0.25) is 5.91 Å². The number of halogens is 3. The first kappa shape index (κ1) is 24.0. The van der Waals surface area contributed by atoms with E-state index in [1.165, 1.54) is 18.2 Å². The molecule has 8 nitrogen and oxygen atoms in total. The van der Waals surface area contributed by atoms with Crippen LogP contribution in [0.4, 0.5) is 23.8 Å². The van der Waals surface area contributed by atoms with Crippen molar-refractivity contribution in [2.24, 2.45) is 0 Å². The van der Waals surface area contributed by atoms with Crippen LogP contribution in [0.25, 0.3) is 5.69 Å². The van der Waals surface area contributed by atoms with Gasteiger partial charge in [0.1, 0.15) is 17.9 Å². The molecule has 2 N–H and O–H groups in total. The number of amides is 4. The zero-order valence-electron chi connectivity index (χ0n) is 18.9. The number of carbonyl (C=O) groups excluding carboxylic acids is 3. The Balaban J connectivity index is 1.55. The van der Waals surface area contributed by atoms with Crippen molar-refractivity contribution in [3.63, 3.8) is 0 Å². The van der Waals surface area contributed by atoms with Crippen molar-refractivity contribution >= 4 is 23.7 Å². The third kappa shape index (κ3) is 4.48. The van der Waals surface area contributed by atoms with Crippen molar-refractivity contribution in [2.75, 3.05) is 11.9 Å². The summed E-state index contributed by atoms with van der Waals surface area (Å²) in [7, 11) is 0. The predicted octanol–water partition coefficient (Wildman–Crippen LogP) is 4.00. The van der Waals surface area contributed by atoms with E-state index in [9.17, 15) is 27.6 Å². The van der Waals surface area contributed by atoms with Gasteiger partial charge in [-0.1, -0.05) is 43.3 Å². The average Bonchev–Trinajstić information content (AvgIpc) is 3.31. The number of imide groups is 1. The van der Waals surface area contributed by atoms with Gasteiger partial charge in [-0.2, -0.15) is 18.3 Å². The van der Waals surface area contributed by atoms with Crippen LogP contribution >= 0.6 is 0 Å². The lowest BCUT2D eigenvalue weighted by Crippen LogP contribution is -2.44. The van der Waals surface area contributed by atoms with Gasteiger partial charge >= 0.3 is 12.2 Å². The molecular formula is C24H22F3N5O3. The van der Waals surface area contributed by atoms with Crippen LogP contribution in [0.2, 0.25) is 0 Å². The zero-order chi connectivity index (χ0) is 25.4. The quantitative estimate of drug-likeness (QED) is 0.516. The van der Waals surface area contributed by atoms with Crippen molar-refractivity contribution in [3.05, 3.63) is 77.5 Å². The van der Waals surface area contributed by atoms with Crippen LogP contribution in [0.5, 0.6) is 0 Å². The number of aromatic nitrogens is 2. The van der Waals surface area contributed by atoms with Crippen LogP contribution in [-0.4, -0.2) is 39.1 Å². The van der Waals surface area contributed by atoms with E-state index >= 15 is 0 Å². The molecule has 1 atom stereocenters. The number of nitrogens with zero attached hydrogens (tertiary/aromatic N) is 3. The number of aryl methyl sites for hydroxylation is 1. The Morgan fingerprint density at radius 3 is 2.46 bits per heavy atom. The number of hydrogen-bond donors (Lipinski definition) is 2. The number of anilines is 1. The number of carbonyl (C=O) groups is 3. The van der Waals surface area contributed by atoms with E-state index in [2.05, 4.69) is 15.7 Å². The van der Waals surface area contributed by atoms with Crippen molar-refractivity contribution in [3.8, 4) is 5.69 Å². The molecule has 4 amide bonds. The van der Waals surface area contributed by atoms with Gasteiger partial charge in [-0.05, 0) is 37.1 Å². The monoisotopic (exact) mass is 485 g/mol. The summed E-state index contributed by atoms with van der Waals surface area (Å²) in [6, 6.07) is 14.0. The van der Waals surface area contributed by atoms with Gasteiger partial charge in [0.15, 0.2) is 0 Å². The smallest absolute Gasteiger partial charge is 0.319 e. The molecule has 0 spiro atoms. The summed E-state index contributed by atoms with van der Waals surface area (Å²) in [5.41, 5.74) is -1.01. The van der Waals surface area contributed by atoms with Crippen molar-refractivity contribution < 1.29 is 27.6 Å². The SMILES string of the molecule is CCC1(c2ccccc2)NC(=O)N(CC(=O)Nc2cc(C)nn2-c2cccc(C(F)(F)F)c2)C1=O. The second-order valence-corrected chi connectivity index (χ2v) is 8.13. The van der Waals surface area contributed by atoms with Gasteiger partial charge in [-0.3, -0.25) is 14.5 Å². The first-order valence-electron chi connectivity index (χ1n) is 10.8. The lowest BCUT2D eigenvalue weighted by atomic mass is 9.87. The van der Waals surface area contributed by atoms with Gasteiger partial charge in [0.25, 0.3) is 5.91 Å². The van der Waals surface area contributed by atoms with Crippen molar-refractivity contribution in [1.29, 1.82) is 0 Å². The molecule has 0 radical (unpaired) electrons. The molecule has 2 heterocycles. The predicted molar refractivity (Wildman–Crippen MR) is 121 cm³/mol. The maximum Gasteiger partial charge on any atom is 0.416 e. The first-order chi connectivity index (χ1) is 16.5. The Morgan fingerprint density at radius 2 is 1.80 bits per heavy atom. The minimum atomic E-state index is -4.55. The largest absolute Gasteiger partial charge is 0.416 e. The fourth-order valence-corrected chi connectivity index (χ4v) is 4.06. The topological polar surface area (TPSA) is 96.3 Å². The van der Waals surface area contributed by atoms with Crippen LogP contribution in [-0.2, 0) is 21.3 Å². The Kier molecular flexibility index (Phi) is 6.10. The molecule has 1 saturated heterocycles. The fourth-order valence-electron chi connectivity index (χ4n) is 4.06. The Labute approximate surface area is 198 Å². The van der Waals surface area contributed by atoms with E-state index in [0.29, 0.717) is 11.3 Å². The molecule has 3 aromatic rings. The van der Waals surface area contributed by atoms with Gasteiger partial charge in [0.05, 0.1) is 16.9 Å². The molecule has 35 heavy (non-hydrogen) atoms. The molecule has 11 heteroatoms. The number of rotatable bonds is 6. The second kappa shape index (κ2) is 8.90. The van der Waals surface area contributed by atoms with E-state index in [4.69, 9.17) is 0 Å². The number of alkyl halides is 3. The van der Waals surface area contributed by atoms with Gasteiger partial charge in [0, 0.05) is 6.07 Å². The summed E-state index contributed by atoms with van der Waals surface area (Å²) in [6.07, 6.45) is -4.27. The van der Waals surface area contributed by atoms with Crippen molar-refractivity contribution in [1.82, 2.24) is 20.0 Å². The molecule has 1 aromatic heterocycles. The number of benzene rings is 2. The molecule has 0 saturated carbocycles. The highest BCUT2D eigenvalue weighted by Gasteiger charge is 2.51. The number of urea groups is 1. The molecule has 2 aromatic carbocycles. The maximum absolute atomic E-state index is 13.2. The minimum absolute atomic E-state index is 0.0901. The third-order valence-electron chi connectivity index (χ3n) is 5.79. The zero-order valence-corrected chi connectivity index (χ0v) is 18.9. The molecule has 0 bridgehead atoms. The summed E-state index contributed by atoms with van der Waals surface area (Å²) < 4.78 is 40.6. The highest BCUT2D eigenvalue weighted by Crippen LogP contribution is 2.33. The Hall–Kier alpha value is -4.15. The van der Waals surface area contributed by atoms with Gasteiger partial charge < -0.3 is 10.6 Å². The van der Waals surface area contributed by atoms with Crippen LogP contribution in [0.15, 0.2) is 60.7 Å². The highest BCUT2D eigenvalue weighted by atomic mass is 19.4. The molecular weight excluding hydrogens is 463 g/mol. The van der Waals surface area contributed by atoms with Gasteiger partial charge in [-0.15, -0.1) is 0 Å². The highest BCUT2D eigenvalue weighted by molar-refractivity contribution is 6.10. The summed E-state index contributed by atoms with van der Waals surface area (Å²) >= 11 is 0. The first-order valence-corrected chi connectivity index (χ1v) is 10.8. The van der Waals surface area contributed by atoms with E-state index in [-0.39, 0.29) is 17.9 Å². The molecule has 1 unspecified atom stereocenters.